The van der Waals surface area contributed by atoms with Gasteiger partial charge in [0.25, 0.3) is 0 Å². The summed E-state index contributed by atoms with van der Waals surface area (Å²) >= 11 is 0. The maximum absolute atomic E-state index is 5.45. The predicted octanol–water partition coefficient (Wildman–Crippen LogP) is 0.211. The highest BCUT2D eigenvalue weighted by molar-refractivity contribution is 5.25. The minimum atomic E-state index is 0.494. The molecule has 4 nitrogen and oxygen atoms in total. The molecule has 1 atom stereocenters. The first-order valence-corrected chi connectivity index (χ1v) is 4.63. The van der Waals surface area contributed by atoms with E-state index in [-0.39, 0.29) is 0 Å². The quantitative estimate of drug-likeness (QED) is 0.679. The van der Waals surface area contributed by atoms with E-state index in [0.717, 1.165) is 31.1 Å². The molecule has 1 unspecified atom stereocenters. The molecular weight excluding hydrogens is 164 g/mol. The van der Waals surface area contributed by atoms with Crippen LogP contribution in [0.25, 0.3) is 0 Å². The molecule has 1 saturated heterocycles. The van der Waals surface area contributed by atoms with Crippen molar-refractivity contribution in [3.63, 3.8) is 0 Å². The topological polar surface area (TPSA) is 63.8 Å². The number of nitrogens with one attached hydrogen (secondary N) is 1. The molecule has 0 saturated carbocycles. The van der Waals surface area contributed by atoms with Crippen molar-refractivity contribution in [2.24, 2.45) is 5.92 Å². The Morgan fingerprint density at radius 3 is 3.00 bits per heavy atom. The van der Waals surface area contributed by atoms with Gasteiger partial charge in [-0.25, -0.2) is 0 Å². The second-order valence-corrected chi connectivity index (χ2v) is 3.51. The van der Waals surface area contributed by atoms with Crippen molar-refractivity contribution in [3.8, 4) is 0 Å². The van der Waals surface area contributed by atoms with Gasteiger partial charge in [0, 0.05) is 0 Å². The van der Waals surface area contributed by atoms with Gasteiger partial charge in [-0.2, -0.15) is 5.10 Å². The van der Waals surface area contributed by atoms with Crippen molar-refractivity contribution < 1.29 is 0 Å². The van der Waals surface area contributed by atoms with E-state index < -0.39 is 0 Å². The molecule has 0 aliphatic carbocycles. The number of rotatable bonds is 2. The molecule has 13 heavy (non-hydrogen) atoms. The highest BCUT2D eigenvalue weighted by atomic mass is 15.1. The monoisotopic (exact) mass is 178 g/mol. The van der Waals surface area contributed by atoms with Crippen LogP contribution in [0.5, 0.6) is 0 Å². The van der Waals surface area contributed by atoms with Crippen molar-refractivity contribution in [2.75, 3.05) is 18.8 Å². The molecule has 2 heterocycles. The Bertz CT molecular complexity index is 263. The first-order chi connectivity index (χ1) is 6.34. The molecular formula is C9H14N4. The molecule has 4 heteroatoms. The van der Waals surface area contributed by atoms with Crippen LogP contribution >= 0.6 is 0 Å². The van der Waals surface area contributed by atoms with Crippen molar-refractivity contribution in [2.45, 2.75) is 12.8 Å². The Kier molecular flexibility index (Phi) is 2.40. The van der Waals surface area contributed by atoms with Crippen LogP contribution in [-0.2, 0) is 6.42 Å². The van der Waals surface area contributed by atoms with E-state index in [1.165, 1.54) is 6.42 Å². The molecule has 0 radical (unpaired) electrons. The number of hydrogen-bond acceptors (Lipinski definition) is 4. The summed E-state index contributed by atoms with van der Waals surface area (Å²) in [5, 5.41) is 11.2. The summed E-state index contributed by atoms with van der Waals surface area (Å²) in [4.78, 5) is 0. The Labute approximate surface area is 77.5 Å². The lowest BCUT2D eigenvalue weighted by Gasteiger charge is -2.05. The van der Waals surface area contributed by atoms with Crippen molar-refractivity contribution in [1.29, 1.82) is 0 Å². The van der Waals surface area contributed by atoms with E-state index >= 15 is 0 Å². The number of nitrogen functional groups attached to an aromatic ring is 1. The van der Waals surface area contributed by atoms with E-state index in [1.54, 1.807) is 0 Å². The summed E-state index contributed by atoms with van der Waals surface area (Å²) in [6.07, 6.45) is 2.26. The summed E-state index contributed by atoms with van der Waals surface area (Å²) in [5.74, 6) is 1.21. The van der Waals surface area contributed by atoms with Gasteiger partial charge < -0.3 is 11.1 Å². The average molecular weight is 178 g/mol. The summed E-state index contributed by atoms with van der Waals surface area (Å²) < 4.78 is 0. The zero-order chi connectivity index (χ0) is 9.10. The van der Waals surface area contributed by atoms with Crippen LogP contribution in [-0.4, -0.2) is 23.3 Å². The van der Waals surface area contributed by atoms with Gasteiger partial charge in [0.05, 0.1) is 5.69 Å². The van der Waals surface area contributed by atoms with E-state index in [1.807, 2.05) is 12.1 Å². The van der Waals surface area contributed by atoms with Crippen LogP contribution in [0.2, 0.25) is 0 Å². The maximum Gasteiger partial charge on any atom is 0.146 e. The first kappa shape index (κ1) is 8.44. The molecule has 1 fully saturated rings. The zero-order valence-electron chi connectivity index (χ0n) is 7.53. The number of nitrogens with two attached hydrogens (primary N) is 1. The molecule has 2 rings (SSSR count). The molecule has 0 bridgehead atoms. The Balaban J connectivity index is 1.97. The van der Waals surface area contributed by atoms with Crippen LogP contribution in [0.15, 0.2) is 12.1 Å². The van der Waals surface area contributed by atoms with E-state index in [2.05, 4.69) is 15.5 Å². The van der Waals surface area contributed by atoms with Crippen molar-refractivity contribution >= 4 is 5.82 Å². The average Bonchev–Trinajstić information content (AvgIpc) is 2.62. The highest BCUT2D eigenvalue weighted by Gasteiger charge is 2.15. The van der Waals surface area contributed by atoms with Gasteiger partial charge in [-0.3, -0.25) is 0 Å². The Hall–Kier alpha value is -1.16. The smallest absolute Gasteiger partial charge is 0.146 e. The molecule has 1 aromatic rings. The van der Waals surface area contributed by atoms with E-state index in [4.69, 9.17) is 5.73 Å². The molecule has 1 aromatic heterocycles. The number of aromatic nitrogens is 2. The predicted molar refractivity (Wildman–Crippen MR) is 51.1 cm³/mol. The molecule has 1 aliphatic rings. The van der Waals surface area contributed by atoms with E-state index in [9.17, 15) is 0 Å². The largest absolute Gasteiger partial charge is 0.382 e. The molecule has 0 spiro atoms. The van der Waals surface area contributed by atoms with Gasteiger partial charge in [0.1, 0.15) is 5.82 Å². The van der Waals surface area contributed by atoms with E-state index in [0.29, 0.717) is 5.82 Å². The maximum atomic E-state index is 5.45. The van der Waals surface area contributed by atoms with Gasteiger partial charge in [0.15, 0.2) is 0 Å². The van der Waals surface area contributed by atoms with Gasteiger partial charge in [-0.1, -0.05) is 0 Å². The van der Waals surface area contributed by atoms with Crippen molar-refractivity contribution in [1.82, 2.24) is 15.5 Å². The lowest BCUT2D eigenvalue weighted by molar-refractivity contribution is 0.567. The molecule has 0 amide bonds. The highest BCUT2D eigenvalue weighted by Crippen LogP contribution is 2.13. The van der Waals surface area contributed by atoms with Crippen LogP contribution < -0.4 is 11.1 Å². The van der Waals surface area contributed by atoms with Crippen LogP contribution in [0.3, 0.4) is 0 Å². The lowest BCUT2D eigenvalue weighted by atomic mass is 10.0. The Morgan fingerprint density at radius 2 is 2.38 bits per heavy atom. The lowest BCUT2D eigenvalue weighted by Crippen LogP contribution is -2.11. The fourth-order valence-electron chi connectivity index (χ4n) is 1.66. The molecule has 0 aromatic carbocycles. The summed E-state index contributed by atoms with van der Waals surface area (Å²) in [6, 6.07) is 3.77. The normalized spacial score (nSPS) is 22.0. The third kappa shape index (κ3) is 2.15. The fraction of sp³-hybridized carbons (Fsp3) is 0.556. The summed E-state index contributed by atoms with van der Waals surface area (Å²) in [6.45, 7) is 2.24. The summed E-state index contributed by atoms with van der Waals surface area (Å²) in [7, 11) is 0. The second-order valence-electron chi connectivity index (χ2n) is 3.51. The molecule has 3 N–H and O–H groups in total. The molecule has 70 valence electrons. The number of nitrogens with zero attached hydrogens (tertiary/aromatic N) is 2. The van der Waals surface area contributed by atoms with Gasteiger partial charge >= 0.3 is 0 Å². The SMILES string of the molecule is Nc1ccc(CC2CCNC2)nn1. The first-order valence-electron chi connectivity index (χ1n) is 4.63. The third-order valence-corrected chi connectivity index (χ3v) is 2.40. The van der Waals surface area contributed by atoms with Crippen LogP contribution in [0.4, 0.5) is 5.82 Å². The van der Waals surface area contributed by atoms with Crippen LogP contribution in [0.1, 0.15) is 12.1 Å². The van der Waals surface area contributed by atoms with Gasteiger partial charge in [-0.05, 0) is 44.0 Å². The standard InChI is InChI=1S/C9H14N4/c10-9-2-1-8(12-13-9)5-7-3-4-11-6-7/h1-2,7,11H,3-6H2,(H2,10,13). The Morgan fingerprint density at radius 1 is 1.46 bits per heavy atom. The molecule has 1 aliphatic heterocycles. The fourth-order valence-corrected chi connectivity index (χ4v) is 1.66. The third-order valence-electron chi connectivity index (χ3n) is 2.40. The van der Waals surface area contributed by atoms with Crippen molar-refractivity contribution in [3.05, 3.63) is 17.8 Å². The second kappa shape index (κ2) is 3.70. The summed E-state index contributed by atoms with van der Waals surface area (Å²) in [5.41, 5.74) is 6.49. The minimum Gasteiger partial charge on any atom is -0.382 e. The number of anilines is 1. The zero-order valence-corrected chi connectivity index (χ0v) is 7.53. The van der Waals surface area contributed by atoms with Crippen LogP contribution in [0, 0.1) is 5.92 Å². The van der Waals surface area contributed by atoms with Gasteiger partial charge in [-0.15, -0.1) is 5.10 Å². The number of hydrogen-bond donors (Lipinski definition) is 2. The minimum absolute atomic E-state index is 0.494. The van der Waals surface area contributed by atoms with Gasteiger partial charge in [0.2, 0.25) is 0 Å².